The summed E-state index contributed by atoms with van der Waals surface area (Å²) in [5.41, 5.74) is 4.93. The van der Waals surface area contributed by atoms with Crippen LogP contribution in [0.1, 0.15) is 35.5 Å². The zero-order valence-corrected chi connectivity index (χ0v) is 22.0. The standard InChI is InChI=1S/C28H26N4O4S/c1-16-22(18(3)32(30-16)20-9-7-6-8-10-20)15-23-26(33)31-25(19-11-13-21(35-4)14-12-19)24(27(34)36-5)17(2)29-28(31)37-23/h6-15,25H,1-5H3/b23-15-. The molecule has 0 saturated carbocycles. The number of rotatable bonds is 5. The van der Waals surface area contributed by atoms with Crippen molar-refractivity contribution in [1.82, 2.24) is 14.3 Å². The van der Waals surface area contributed by atoms with E-state index in [1.165, 1.54) is 18.4 Å². The van der Waals surface area contributed by atoms with Crippen LogP contribution < -0.4 is 19.6 Å². The summed E-state index contributed by atoms with van der Waals surface area (Å²) in [7, 11) is 2.92. The lowest BCUT2D eigenvalue weighted by atomic mass is 9.96. The van der Waals surface area contributed by atoms with Crippen LogP contribution in [0.5, 0.6) is 5.75 Å². The average molecular weight is 515 g/mol. The largest absolute Gasteiger partial charge is 0.497 e. The number of carbonyl (C=O) groups excluding carboxylic acids is 1. The van der Waals surface area contributed by atoms with Crippen LogP contribution in [0.15, 0.2) is 75.7 Å². The molecule has 3 heterocycles. The van der Waals surface area contributed by atoms with Gasteiger partial charge < -0.3 is 9.47 Å². The van der Waals surface area contributed by atoms with Gasteiger partial charge in [0.2, 0.25) is 0 Å². The summed E-state index contributed by atoms with van der Waals surface area (Å²) in [6.45, 7) is 5.67. The molecule has 8 nitrogen and oxygen atoms in total. The molecule has 1 aliphatic rings. The van der Waals surface area contributed by atoms with Crippen LogP contribution in [0.25, 0.3) is 11.8 Å². The highest BCUT2D eigenvalue weighted by molar-refractivity contribution is 7.07. The second kappa shape index (κ2) is 9.67. The number of hydrogen-bond acceptors (Lipinski definition) is 7. The van der Waals surface area contributed by atoms with Crippen molar-refractivity contribution in [3.63, 3.8) is 0 Å². The predicted octanol–water partition coefficient (Wildman–Crippen LogP) is 3.22. The first-order valence-corrected chi connectivity index (χ1v) is 12.5. The number of hydrogen-bond donors (Lipinski definition) is 0. The van der Waals surface area contributed by atoms with E-state index >= 15 is 0 Å². The quantitative estimate of drug-likeness (QED) is 0.382. The summed E-state index contributed by atoms with van der Waals surface area (Å²) in [4.78, 5) is 31.8. The smallest absolute Gasteiger partial charge is 0.338 e. The van der Waals surface area contributed by atoms with Crippen molar-refractivity contribution in [3.05, 3.63) is 108 Å². The van der Waals surface area contributed by atoms with E-state index in [2.05, 4.69) is 4.99 Å². The highest BCUT2D eigenvalue weighted by Gasteiger charge is 2.33. The van der Waals surface area contributed by atoms with Crippen molar-refractivity contribution in [1.29, 1.82) is 0 Å². The highest BCUT2D eigenvalue weighted by Crippen LogP contribution is 2.31. The molecule has 1 atom stereocenters. The molecule has 0 amide bonds. The number of esters is 1. The van der Waals surface area contributed by atoms with Gasteiger partial charge in [0.1, 0.15) is 5.75 Å². The first-order valence-electron chi connectivity index (χ1n) is 11.7. The minimum absolute atomic E-state index is 0.232. The zero-order valence-electron chi connectivity index (χ0n) is 21.2. The predicted molar refractivity (Wildman–Crippen MR) is 142 cm³/mol. The summed E-state index contributed by atoms with van der Waals surface area (Å²) in [5.74, 6) is 0.157. The Bertz CT molecular complexity index is 1710. The molecule has 0 radical (unpaired) electrons. The topological polar surface area (TPSA) is 87.7 Å². The van der Waals surface area contributed by atoms with Crippen molar-refractivity contribution in [2.75, 3.05) is 14.2 Å². The summed E-state index contributed by atoms with van der Waals surface area (Å²) in [6.07, 6.45) is 1.86. The molecule has 0 N–H and O–H groups in total. The van der Waals surface area contributed by atoms with E-state index in [1.54, 1.807) is 30.7 Å². The molecule has 1 aliphatic heterocycles. The Kier molecular flexibility index (Phi) is 6.39. The maximum Gasteiger partial charge on any atom is 0.338 e. The van der Waals surface area contributed by atoms with Gasteiger partial charge >= 0.3 is 5.97 Å². The molecular weight excluding hydrogens is 488 g/mol. The average Bonchev–Trinajstić information content (AvgIpc) is 3.38. The maximum absolute atomic E-state index is 13.8. The van der Waals surface area contributed by atoms with E-state index in [-0.39, 0.29) is 5.56 Å². The normalized spacial score (nSPS) is 15.4. The molecular formula is C28H26N4O4S. The summed E-state index contributed by atoms with van der Waals surface area (Å²) < 4.78 is 14.3. The first-order chi connectivity index (χ1) is 17.8. The summed E-state index contributed by atoms with van der Waals surface area (Å²) >= 11 is 1.29. The van der Waals surface area contributed by atoms with Gasteiger partial charge in [0, 0.05) is 11.3 Å². The zero-order chi connectivity index (χ0) is 26.3. The second-order valence-electron chi connectivity index (χ2n) is 8.68. The van der Waals surface area contributed by atoms with Crippen molar-refractivity contribution >= 4 is 23.4 Å². The Labute approximate surface area is 217 Å². The minimum Gasteiger partial charge on any atom is -0.497 e. The van der Waals surface area contributed by atoms with Gasteiger partial charge in [-0.1, -0.05) is 41.7 Å². The van der Waals surface area contributed by atoms with E-state index in [0.29, 0.717) is 26.4 Å². The van der Waals surface area contributed by atoms with E-state index in [4.69, 9.17) is 14.6 Å². The number of aryl methyl sites for hydroxylation is 1. The van der Waals surface area contributed by atoms with Crippen LogP contribution in [-0.2, 0) is 9.53 Å². The fourth-order valence-corrected chi connectivity index (χ4v) is 5.64. The molecule has 0 fully saturated rings. The van der Waals surface area contributed by atoms with Gasteiger partial charge in [-0.05, 0) is 56.7 Å². The van der Waals surface area contributed by atoms with Gasteiger partial charge in [-0.2, -0.15) is 5.10 Å². The molecule has 2 aromatic heterocycles. The van der Waals surface area contributed by atoms with Crippen LogP contribution in [0.4, 0.5) is 0 Å². The lowest BCUT2D eigenvalue weighted by molar-refractivity contribution is -0.136. The Morgan fingerprint density at radius 3 is 2.38 bits per heavy atom. The van der Waals surface area contributed by atoms with Crippen LogP contribution in [-0.4, -0.2) is 34.5 Å². The number of fused-ring (bicyclic) bond motifs is 1. The number of carbonyl (C=O) groups is 1. The number of para-hydroxylation sites is 1. The lowest BCUT2D eigenvalue weighted by Crippen LogP contribution is -2.39. The molecule has 2 aromatic carbocycles. The number of nitrogens with zero attached hydrogens (tertiary/aromatic N) is 4. The van der Waals surface area contributed by atoms with Crippen LogP contribution in [0.3, 0.4) is 0 Å². The molecule has 0 spiro atoms. The van der Waals surface area contributed by atoms with E-state index in [0.717, 1.165) is 28.2 Å². The SMILES string of the molecule is COC(=O)C1=C(C)N=c2s/c(=C\c3c(C)nn(-c4ccccc4)c3C)c(=O)n2C1c1ccc(OC)cc1. The Balaban J connectivity index is 1.70. The van der Waals surface area contributed by atoms with Gasteiger partial charge in [-0.3, -0.25) is 9.36 Å². The number of thiazole rings is 1. The molecule has 5 rings (SSSR count). The van der Waals surface area contributed by atoms with Crippen LogP contribution in [0.2, 0.25) is 0 Å². The van der Waals surface area contributed by atoms with Crippen molar-refractivity contribution in [2.24, 2.45) is 4.99 Å². The van der Waals surface area contributed by atoms with Gasteiger partial charge in [-0.15, -0.1) is 0 Å². The number of aromatic nitrogens is 3. The van der Waals surface area contributed by atoms with E-state index in [9.17, 15) is 9.59 Å². The fourth-order valence-electron chi connectivity index (χ4n) is 4.61. The summed E-state index contributed by atoms with van der Waals surface area (Å²) in [6, 6.07) is 16.5. The van der Waals surface area contributed by atoms with E-state index < -0.39 is 12.0 Å². The van der Waals surface area contributed by atoms with Gasteiger partial charge in [0.25, 0.3) is 5.56 Å². The monoisotopic (exact) mass is 514 g/mol. The molecule has 4 aromatic rings. The third-order valence-electron chi connectivity index (χ3n) is 6.48. The molecule has 188 valence electrons. The number of methoxy groups -OCH3 is 2. The van der Waals surface area contributed by atoms with Crippen molar-refractivity contribution in [3.8, 4) is 11.4 Å². The van der Waals surface area contributed by atoms with Gasteiger partial charge in [0.15, 0.2) is 4.80 Å². The third-order valence-corrected chi connectivity index (χ3v) is 7.46. The van der Waals surface area contributed by atoms with Crippen molar-refractivity contribution in [2.45, 2.75) is 26.8 Å². The second-order valence-corrected chi connectivity index (χ2v) is 9.69. The third kappa shape index (κ3) is 4.21. The Morgan fingerprint density at radius 1 is 1.03 bits per heavy atom. The Morgan fingerprint density at radius 2 is 1.73 bits per heavy atom. The van der Waals surface area contributed by atoms with Crippen LogP contribution in [0, 0.1) is 13.8 Å². The lowest BCUT2D eigenvalue weighted by Gasteiger charge is -2.24. The molecule has 0 saturated heterocycles. The molecule has 37 heavy (non-hydrogen) atoms. The minimum atomic E-state index is -0.675. The fraction of sp³-hybridized carbons (Fsp3) is 0.214. The molecule has 0 bridgehead atoms. The number of ether oxygens (including phenoxy) is 2. The number of allylic oxidation sites excluding steroid dienone is 1. The molecule has 9 heteroatoms. The van der Waals surface area contributed by atoms with Crippen LogP contribution >= 0.6 is 11.3 Å². The van der Waals surface area contributed by atoms with E-state index in [1.807, 2.05) is 67.1 Å². The van der Waals surface area contributed by atoms with Crippen molar-refractivity contribution < 1.29 is 14.3 Å². The highest BCUT2D eigenvalue weighted by atomic mass is 32.1. The van der Waals surface area contributed by atoms with Gasteiger partial charge in [0.05, 0.1) is 47.4 Å². The maximum atomic E-state index is 13.8. The first kappa shape index (κ1) is 24.5. The van der Waals surface area contributed by atoms with Gasteiger partial charge in [-0.25, -0.2) is 14.5 Å². The molecule has 0 aliphatic carbocycles. The number of benzene rings is 2. The molecule has 1 unspecified atom stereocenters. The summed E-state index contributed by atoms with van der Waals surface area (Å²) in [5, 5.41) is 4.70. The Hall–Kier alpha value is -4.24.